The lowest BCUT2D eigenvalue weighted by atomic mass is 10.1. The van der Waals surface area contributed by atoms with Crippen molar-refractivity contribution in [3.8, 4) is 11.5 Å². The van der Waals surface area contributed by atoms with Crippen LogP contribution in [0.3, 0.4) is 0 Å². The maximum absolute atomic E-state index is 12.2. The van der Waals surface area contributed by atoms with Crippen LogP contribution in [0.1, 0.15) is 37.9 Å². The van der Waals surface area contributed by atoms with Crippen molar-refractivity contribution in [1.82, 2.24) is 9.88 Å². The summed E-state index contributed by atoms with van der Waals surface area (Å²) in [6.45, 7) is 7.41. The molecule has 0 radical (unpaired) electrons. The zero-order chi connectivity index (χ0) is 21.7. The van der Waals surface area contributed by atoms with Gasteiger partial charge in [-0.05, 0) is 44.9 Å². The summed E-state index contributed by atoms with van der Waals surface area (Å²) in [6, 6.07) is 5.67. The third kappa shape index (κ3) is 5.66. The van der Waals surface area contributed by atoms with E-state index in [2.05, 4.69) is 16.8 Å². The van der Waals surface area contributed by atoms with Crippen molar-refractivity contribution >= 4 is 28.7 Å². The maximum Gasteiger partial charge on any atom is 0.410 e. The summed E-state index contributed by atoms with van der Waals surface area (Å²) in [5.41, 5.74) is 2.54. The highest BCUT2D eigenvalue weighted by atomic mass is 32.1. The van der Waals surface area contributed by atoms with Crippen LogP contribution < -0.4 is 14.8 Å². The van der Waals surface area contributed by atoms with Gasteiger partial charge in [-0.25, -0.2) is 9.78 Å². The molecule has 0 fully saturated rings. The van der Waals surface area contributed by atoms with Gasteiger partial charge in [-0.1, -0.05) is 6.08 Å². The molecule has 0 atom stereocenters. The Hall–Kier alpha value is -2.74. The minimum atomic E-state index is -0.481. The Morgan fingerprint density at radius 3 is 2.70 bits per heavy atom. The van der Waals surface area contributed by atoms with Crippen LogP contribution in [0.2, 0.25) is 0 Å². The van der Waals surface area contributed by atoms with Gasteiger partial charge in [0.2, 0.25) is 0 Å². The molecule has 2 heterocycles. The summed E-state index contributed by atoms with van der Waals surface area (Å²) in [5.74, 6) is 1.47. The largest absolute Gasteiger partial charge is 0.497 e. The van der Waals surface area contributed by atoms with Crippen LogP contribution in [0, 0.1) is 0 Å². The number of carbonyl (C=O) groups excluding carboxylic acids is 1. The Morgan fingerprint density at radius 1 is 1.27 bits per heavy atom. The molecular weight excluding hydrogens is 402 g/mol. The highest BCUT2D eigenvalue weighted by Crippen LogP contribution is 2.30. The summed E-state index contributed by atoms with van der Waals surface area (Å²) in [7, 11) is 3.27. The fourth-order valence-electron chi connectivity index (χ4n) is 3.02. The smallest absolute Gasteiger partial charge is 0.410 e. The summed E-state index contributed by atoms with van der Waals surface area (Å²) < 4.78 is 16.1. The number of nitrogens with zero attached hydrogens (tertiary/aromatic N) is 2. The lowest BCUT2D eigenvalue weighted by Crippen LogP contribution is -2.39. The summed E-state index contributed by atoms with van der Waals surface area (Å²) in [5, 5.41) is 6.42. The van der Waals surface area contributed by atoms with Gasteiger partial charge in [0.25, 0.3) is 0 Å². The van der Waals surface area contributed by atoms with E-state index in [4.69, 9.17) is 19.2 Å². The molecule has 162 valence electrons. The molecule has 3 rings (SSSR count). The summed E-state index contributed by atoms with van der Waals surface area (Å²) in [4.78, 5) is 18.7. The number of amides is 1. The fourth-order valence-corrected chi connectivity index (χ4v) is 3.91. The zero-order valence-electron chi connectivity index (χ0n) is 18.2. The standard InChI is InChI=1S/C22H29N3O4S/c1-22(2,3)29-21(26)25-10-8-15(9-11-25)20-24-16(14-30-20)13-23-18-7-6-17(27-4)12-19(18)28-5/h6-8,12,14,23H,9-11,13H2,1-5H3. The first-order chi connectivity index (χ1) is 14.3. The molecule has 0 aliphatic carbocycles. The second kappa shape index (κ2) is 9.38. The molecule has 1 aliphatic heterocycles. The molecule has 1 aromatic carbocycles. The van der Waals surface area contributed by atoms with Gasteiger partial charge < -0.3 is 24.4 Å². The SMILES string of the molecule is COc1ccc(NCc2csc(C3=CCN(C(=O)OC(C)(C)C)CC3)n2)c(OC)c1. The highest BCUT2D eigenvalue weighted by Gasteiger charge is 2.24. The number of rotatable bonds is 6. The van der Waals surface area contributed by atoms with Crippen molar-refractivity contribution in [2.45, 2.75) is 39.3 Å². The first-order valence-electron chi connectivity index (χ1n) is 9.86. The second-order valence-electron chi connectivity index (χ2n) is 7.97. The van der Waals surface area contributed by atoms with Gasteiger partial charge in [0.15, 0.2) is 0 Å². The van der Waals surface area contributed by atoms with Gasteiger partial charge in [0, 0.05) is 24.5 Å². The van der Waals surface area contributed by atoms with E-state index in [1.807, 2.05) is 39.0 Å². The number of methoxy groups -OCH3 is 2. The van der Waals surface area contributed by atoms with Crippen LogP contribution in [-0.2, 0) is 11.3 Å². The van der Waals surface area contributed by atoms with E-state index in [0.717, 1.165) is 34.3 Å². The molecule has 1 aliphatic rings. The van der Waals surface area contributed by atoms with Gasteiger partial charge in [-0.2, -0.15) is 0 Å². The van der Waals surface area contributed by atoms with Gasteiger partial charge in [-0.3, -0.25) is 0 Å². The predicted octanol–water partition coefficient (Wildman–Crippen LogP) is 4.80. The van der Waals surface area contributed by atoms with Crippen LogP contribution >= 0.6 is 11.3 Å². The molecule has 0 unspecified atom stereocenters. The second-order valence-corrected chi connectivity index (χ2v) is 8.83. The zero-order valence-corrected chi connectivity index (χ0v) is 19.0. The third-order valence-electron chi connectivity index (χ3n) is 4.56. The predicted molar refractivity (Wildman–Crippen MR) is 119 cm³/mol. The van der Waals surface area contributed by atoms with E-state index in [9.17, 15) is 4.79 Å². The Labute approximate surface area is 181 Å². The number of anilines is 1. The molecule has 1 amide bonds. The Kier molecular flexibility index (Phi) is 6.87. The van der Waals surface area contributed by atoms with Crippen molar-refractivity contribution < 1.29 is 19.0 Å². The molecule has 0 spiro atoms. The summed E-state index contributed by atoms with van der Waals surface area (Å²) >= 11 is 1.62. The maximum atomic E-state index is 12.2. The average molecular weight is 432 g/mol. The molecule has 1 N–H and O–H groups in total. The van der Waals surface area contributed by atoms with Crippen LogP contribution in [-0.4, -0.2) is 48.9 Å². The van der Waals surface area contributed by atoms with Crippen LogP contribution in [0.5, 0.6) is 11.5 Å². The number of hydrogen-bond acceptors (Lipinski definition) is 7. The van der Waals surface area contributed by atoms with Crippen LogP contribution in [0.4, 0.5) is 10.5 Å². The molecule has 7 nitrogen and oxygen atoms in total. The van der Waals surface area contributed by atoms with Gasteiger partial charge in [0.1, 0.15) is 22.1 Å². The van der Waals surface area contributed by atoms with Crippen molar-refractivity contribution in [2.24, 2.45) is 0 Å². The van der Waals surface area contributed by atoms with Gasteiger partial charge in [-0.15, -0.1) is 11.3 Å². The first-order valence-corrected chi connectivity index (χ1v) is 10.7. The number of aromatic nitrogens is 1. The van der Waals surface area contributed by atoms with Crippen LogP contribution in [0.15, 0.2) is 29.7 Å². The van der Waals surface area contributed by atoms with E-state index >= 15 is 0 Å². The van der Waals surface area contributed by atoms with Crippen molar-refractivity contribution in [2.75, 3.05) is 32.6 Å². The lowest BCUT2D eigenvalue weighted by Gasteiger charge is -2.29. The minimum Gasteiger partial charge on any atom is -0.497 e. The summed E-state index contributed by atoms with van der Waals surface area (Å²) in [6.07, 6.45) is 2.57. The molecule has 0 bridgehead atoms. The molecule has 0 saturated carbocycles. The van der Waals surface area contributed by atoms with Crippen molar-refractivity contribution in [1.29, 1.82) is 0 Å². The molecule has 30 heavy (non-hydrogen) atoms. The van der Waals surface area contributed by atoms with Crippen molar-refractivity contribution in [3.63, 3.8) is 0 Å². The number of ether oxygens (including phenoxy) is 3. The molecular formula is C22H29N3O4S. The normalized spacial score (nSPS) is 14.2. The van der Waals surface area contributed by atoms with Gasteiger partial charge >= 0.3 is 6.09 Å². The van der Waals surface area contributed by atoms with Crippen molar-refractivity contribution in [3.05, 3.63) is 40.4 Å². The Morgan fingerprint density at radius 2 is 2.07 bits per heavy atom. The lowest BCUT2D eigenvalue weighted by molar-refractivity contribution is 0.0270. The van der Waals surface area contributed by atoms with Gasteiger partial charge in [0.05, 0.1) is 32.1 Å². The Bertz CT molecular complexity index is 917. The number of nitrogens with one attached hydrogen (secondary N) is 1. The number of carbonyl (C=O) groups is 1. The quantitative estimate of drug-likeness (QED) is 0.709. The first kappa shape index (κ1) is 22.0. The molecule has 0 saturated heterocycles. The minimum absolute atomic E-state index is 0.268. The monoisotopic (exact) mass is 431 g/mol. The average Bonchev–Trinajstić information content (AvgIpc) is 3.20. The molecule has 1 aromatic heterocycles. The van der Waals surface area contributed by atoms with E-state index in [-0.39, 0.29) is 6.09 Å². The topological polar surface area (TPSA) is 72.9 Å². The number of hydrogen-bond donors (Lipinski definition) is 1. The Balaban J connectivity index is 1.59. The molecule has 8 heteroatoms. The highest BCUT2D eigenvalue weighted by molar-refractivity contribution is 7.10. The number of thiazole rings is 1. The van der Waals surface area contributed by atoms with E-state index in [0.29, 0.717) is 19.6 Å². The number of benzene rings is 1. The van der Waals surface area contributed by atoms with E-state index in [1.54, 1.807) is 30.5 Å². The van der Waals surface area contributed by atoms with E-state index < -0.39 is 5.60 Å². The van der Waals surface area contributed by atoms with Crippen LogP contribution in [0.25, 0.3) is 5.57 Å². The van der Waals surface area contributed by atoms with E-state index in [1.165, 1.54) is 5.57 Å². The fraction of sp³-hybridized carbons (Fsp3) is 0.455. The molecule has 2 aromatic rings. The third-order valence-corrected chi connectivity index (χ3v) is 5.52.